The van der Waals surface area contributed by atoms with E-state index in [0.29, 0.717) is 5.69 Å². The normalized spacial score (nSPS) is 11.8. The minimum atomic E-state index is -1.22. The Labute approximate surface area is 119 Å². The predicted molar refractivity (Wildman–Crippen MR) is 71.0 cm³/mol. The summed E-state index contributed by atoms with van der Waals surface area (Å²) in [5.41, 5.74) is 0.341. The first-order chi connectivity index (χ1) is 9.97. The van der Waals surface area contributed by atoms with E-state index in [2.05, 4.69) is 15.3 Å². The van der Waals surface area contributed by atoms with Crippen molar-refractivity contribution in [3.05, 3.63) is 42.0 Å². The largest absolute Gasteiger partial charge is 0.508 e. The number of H-pyrrole nitrogens is 1. The van der Waals surface area contributed by atoms with Crippen LogP contribution in [0.3, 0.4) is 0 Å². The van der Waals surface area contributed by atoms with E-state index in [1.807, 2.05) is 0 Å². The summed E-state index contributed by atoms with van der Waals surface area (Å²) in [4.78, 5) is 29.7. The third kappa shape index (κ3) is 3.50. The second-order valence-corrected chi connectivity index (χ2v) is 4.35. The summed E-state index contributed by atoms with van der Waals surface area (Å²) in [6.07, 6.45) is 2.87. The molecule has 0 aliphatic rings. The van der Waals surface area contributed by atoms with Crippen molar-refractivity contribution >= 4 is 11.9 Å². The molecule has 2 aromatic rings. The fraction of sp³-hybridized carbons (Fsp3) is 0.154. The lowest BCUT2D eigenvalue weighted by Gasteiger charge is -2.14. The SMILES string of the molecule is O=C(N[C@H](Cc1cnc[nH]1)C(=O)O)c1cc(O)ccc1O. The molecule has 5 N–H and O–H groups in total. The van der Waals surface area contributed by atoms with Crippen molar-refractivity contribution in [3.63, 3.8) is 0 Å². The highest BCUT2D eigenvalue weighted by atomic mass is 16.4. The fourth-order valence-corrected chi connectivity index (χ4v) is 1.76. The van der Waals surface area contributed by atoms with Crippen molar-refractivity contribution in [2.75, 3.05) is 0 Å². The van der Waals surface area contributed by atoms with Gasteiger partial charge in [0.15, 0.2) is 0 Å². The second kappa shape index (κ2) is 5.95. The van der Waals surface area contributed by atoms with Gasteiger partial charge < -0.3 is 25.6 Å². The van der Waals surface area contributed by atoms with Crippen LogP contribution in [0.5, 0.6) is 11.5 Å². The van der Waals surface area contributed by atoms with Crippen molar-refractivity contribution in [2.24, 2.45) is 0 Å². The van der Waals surface area contributed by atoms with Gasteiger partial charge in [-0.3, -0.25) is 4.79 Å². The highest BCUT2D eigenvalue weighted by Gasteiger charge is 2.23. The van der Waals surface area contributed by atoms with Crippen LogP contribution in [-0.4, -0.2) is 43.2 Å². The highest BCUT2D eigenvalue weighted by molar-refractivity contribution is 5.99. The van der Waals surface area contributed by atoms with Crippen molar-refractivity contribution in [1.82, 2.24) is 15.3 Å². The molecule has 1 amide bonds. The number of phenols is 2. The minimum Gasteiger partial charge on any atom is -0.508 e. The molecule has 0 saturated carbocycles. The summed E-state index contributed by atoms with van der Waals surface area (Å²) < 4.78 is 0. The number of phenolic OH excluding ortho intramolecular Hbond substituents is 2. The molecule has 0 aliphatic carbocycles. The number of hydrogen-bond donors (Lipinski definition) is 5. The van der Waals surface area contributed by atoms with E-state index in [4.69, 9.17) is 5.11 Å². The molecule has 0 aliphatic heterocycles. The third-order valence-corrected chi connectivity index (χ3v) is 2.81. The number of carbonyl (C=O) groups excluding carboxylic acids is 1. The number of nitrogens with zero attached hydrogens (tertiary/aromatic N) is 1. The second-order valence-electron chi connectivity index (χ2n) is 4.35. The quantitative estimate of drug-likeness (QED) is 0.501. The number of rotatable bonds is 5. The number of carboxylic acid groups (broad SMARTS) is 1. The zero-order chi connectivity index (χ0) is 15.4. The molecule has 0 fully saturated rings. The van der Waals surface area contributed by atoms with Gasteiger partial charge in [0.1, 0.15) is 17.5 Å². The van der Waals surface area contributed by atoms with Gasteiger partial charge in [0.25, 0.3) is 5.91 Å². The smallest absolute Gasteiger partial charge is 0.326 e. The number of hydrogen-bond acceptors (Lipinski definition) is 5. The Kier molecular flexibility index (Phi) is 4.07. The number of benzene rings is 1. The first-order valence-corrected chi connectivity index (χ1v) is 6.00. The van der Waals surface area contributed by atoms with Crippen molar-refractivity contribution in [1.29, 1.82) is 0 Å². The number of aromatic nitrogens is 2. The van der Waals surface area contributed by atoms with Crippen LogP contribution in [0.1, 0.15) is 16.1 Å². The molecule has 8 heteroatoms. The maximum Gasteiger partial charge on any atom is 0.326 e. The van der Waals surface area contributed by atoms with E-state index in [1.54, 1.807) is 0 Å². The van der Waals surface area contributed by atoms with E-state index in [1.165, 1.54) is 18.6 Å². The molecule has 2 rings (SSSR count). The molecule has 0 spiro atoms. The summed E-state index contributed by atoms with van der Waals surface area (Å²) in [5.74, 6) is -2.58. The van der Waals surface area contributed by atoms with Crippen LogP contribution in [0.15, 0.2) is 30.7 Å². The average Bonchev–Trinajstić information content (AvgIpc) is 2.93. The van der Waals surface area contributed by atoms with E-state index in [9.17, 15) is 19.8 Å². The lowest BCUT2D eigenvalue weighted by molar-refractivity contribution is -0.139. The number of imidazole rings is 1. The van der Waals surface area contributed by atoms with E-state index >= 15 is 0 Å². The van der Waals surface area contributed by atoms with Crippen LogP contribution < -0.4 is 5.32 Å². The van der Waals surface area contributed by atoms with Gasteiger partial charge in [-0.25, -0.2) is 9.78 Å². The Balaban J connectivity index is 2.14. The Bertz CT molecular complexity index is 654. The molecule has 1 aromatic carbocycles. The van der Waals surface area contributed by atoms with Gasteiger partial charge in [0, 0.05) is 18.3 Å². The molecule has 8 nitrogen and oxygen atoms in total. The topological polar surface area (TPSA) is 136 Å². The van der Waals surface area contributed by atoms with E-state index in [0.717, 1.165) is 12.1 Å². The zero-order valence-corrected chi connectivity index (χ0v) is 10.8. The summed E-state index contributed by atoms with van der Waals surface area (Å²) in [6.45, 7) is 0. The van der Waals surface area contributed by atoms with Crippen LogP contribution in [0.4, 0.5) is 0 Å². The number of aliphatic carboxylic acids is 1. The number of carboxylic acids is 1. The molecule has 1 aromatic heterocycles. The van der Waals surface area contributed by atoms with Gasteiger partial charge in [-0.15, -0.1) is 0 Å². The van der Waals surface area contributed by atoms with Gasteiger partial charge in [-0.2, -0.15) is 0 Å². The Morgan fingerprint density at radius 3 is 2.71 bits per heavy atom. The summed E-state index contributed by atoms with van der Waals surface area (Å²) in [6, 6.07) is 2.22. The van der Waals surface area contributed by atoms with Gasteiger partial charge in [-0.1, -0.05) is 0 Å². The van der Waals surface area contributed by atoms with Crippen LogP contribution in [0.2, 0.25) is 0 Å². The third-order valence-electron chi connectivity index (χ3n) is 2.81. The first kappa shape index (κ1) is 14.4. The number of carbonyl (C=O) groups is 2. The molecular formula is C13H13N3O5. The maximum absolute atomic E-state index is 12.0. The monoisotopic (exact) mass is 291 g/mol. The lowest BCUT2D eigenvalue weighted by atomic mass is 10.1. The van der Waals surface area contributed by atoms with Gasteiger partial charge in [0.2, 0.25) is 0 Å². The Morgan fingerprint density at radius 1 is 1.33 bits per heavy atom. The Morgan fingerprint density at radius 2 is 2.10 bits per heavy atom. The number of aromatic amines is 1. The molecular weight excluding hydrogens is 278 g/mol. The van der Waals surface area contributed by atoms with Crippen LogP contribution in [-0.2, 0) is 11.2 Å². The molecule has 0 radical (unpaired) electrons. The van der Waals surface area contributed by atoms with Crippen LogP contribution in [0.25, 0.3) is 0 Å². The minimum absolute atomic E-state index is 0.0145. The van der Waals surface area contributed by atoms with E-state index in [-0.39, 0.29) is 23.5 Å². The molecule has 110 valence electrons. The van der Waals surface area contributed by atoms with Crippen molar-refractivity contribution in [2.45, 2.75) is 12.5 Å². The van der Waals surface area contributed by atoms with E-state index < -0.39 is 17.9 Å². The number of amides is 1. The number of nitrogens with one attached hydrogen (secondary N) is 2. The molecule has 0 saturated heterocycles. The van der Waals surface area contributed by atoms with Gasteiger partial charge in [-0.05, 0) is 18.2 Å². The molecule has 0 unspecified atom stereocenters. The van der Waals surface area contributed by atoms with Crippen molar-refractivity contribution < 1.29 is 24.9 Å². The van der Waals surface area contributed by atoms with Crippen molar-refractivity contribution in [3.8, 4) is 11.5 Å². The molecule has 1 atom stereocenters. The zero-order valence-electron chi connectivity index (χ0n) is 10.8. The summed E-state index contributed by atoms with van der Waals surface area (Å²) in [7, 11) is 0. The van der Waals surface area contributed by atoms with Gasteiger partial charge in [0.05, 0.1) is 11.9 Å². The predicted octanol–water partition coefficient (Wildman–Crippen LogP) is 0.247. The lowest BCUT2D eigenvalue weighted by Crippen LogP contribution is -2.42. The highest BCUT2D eigenvalue weighted by Crippen LogP contribution is 2.22. The fourth-order valence-electron chi connectivity index (χ4n) is 1.76. The first-order valence-electron chi connectivity index (χ1n) is 6.00. The van der Waals surface area contributed by atoms with Crippen LogP contribution >= 0.6 is 0 Å². The molecule has 1 heterocycles. The number of aromatic hydroxyl groups is 2. The maximum atomic E-state index is 12.0. The summed E-state index contributed by atoms with van der Waals surface area (Å²) in [5, 5.41) is 30.3. The van der Waals surface area contributed by atoms with Crippen LogP contribution in [0, 0.1) is 0 Å². The average molecular weight is 291 g/mol. The standard InChI is InChI=1S/C13H13N3O5/c17-8-1-2-11(18)9(4-8)12(19)16-10(13(20)21)3-7-5-14-6-15-7/h1-2,4-6,10,17-18H,3H2,(H,14,15)(H,16,19)(H,20,21)/t10-/m1/s1. The summed E-state index contributed by atoms with van der Waals surface area (Å²) >= 11 is 0. The molecule has 21 heavy (non-hydrogen) atoms. The molecule has 0 bridgehead atoms. The van der Waals surface area contributed by atoms with Gasteiger partial charge >= 0.3 is 5.97 Å². The Hall–Kier alpha value is -3.03.